The number of aryl methyl sites for hydroxylation is 1. The van der Waals surface area contributed by atoms with E-state index in [0.29, 0.717) is 0 Å². The van der Waals surface area contributed by atoms with Crippen LogP contribution >= 0.6 is 11.3 Å². The fraction of sp³-hybridized carbons (Fsp3) is 0.727. The molecule has 0 bridgehead atoms. The molecule has 1 saturated heterocycles. The molecule has 0 amide bonds. The molecule has 0 saturated carbocycles. The fourth-order valence-corrected chi connectivity index (χ4v) is 2.53. The van der Waals surface area contributed by atoms with Crippen LogP contribution in [0.4, 0.5) is 0 Å². The average Bonchev–Trinajstić information content (AvgIpc) is 2.76. The van der Waals surface area contributed by atoms with E-state index in [1.54, 1.807) is 11.3 Å². The van der Waals surface area contributed by atoms with Gasteiger partial charge in [0.1, 0.15) is 0 Å². The first-order chi connectivity index (χ1) is 7.18. The van der Waals surface area contributed by atoms with Crippen molar-refractivity contribution < 1.29 is 4.74 Å². The monoisotopic (exact) mass is 226 g/mol. The largest absolute Gasteiger partial charge is 0.374 e. The Kier molecular flexibility index (Phi) is 3.38. The molecule has 0 spiro atoms. The minimum Gasteiger partial charge on any atom is -0.374 e. The van der Waals surface area contributed by atoms with Crippen LogP contribution in [-0.2, 0) is 11.3 Å². The Morgan fingerprint density at radius 2 is 2.53 bits per heavy atom. The van der Waals surface area contributed by atoms with Gasteiger partial charge >= 0.3 is 0 Å². The Morgan fingerprint density at radius 3 is 3.13 bits per heavy atom. The van der Waals surface area contributed by atoms with Gasteiger partial charge in [0.2, 0.25) is 0 Å². The van der Waals surface area contributed by atoms with E-state index in [0.717, 1.165) is 36.8 Å². The summed E-state index contributed by atoms with van der Waals surface area (Å²) in [6, 6.07) is 0. The van der Waals surface area contributed by atoms with E-state index >= 15 is 0 Å². The minimum atomic E-state index is 0.0467. The predicted molar refractivity (Wildman–Crippen MR) is 62.1 cm³/mol. The second kappa shape index (κ2) is 4.60. The van der Waals surface area contributed by atoms with E-state index < -0.39 is 0 Å². The second-order valence-electron chi connectivity index (χ2n) is 4.36. The van der Waals surface area contributed by atoms with Gasteiger partial charge in [-0.1, -0.05) is 0 Å². The van der Waals surface area contributed by atoms with Gasteiger partial charge in [0.25, 0.3) is 0 Å². The third-order valence-electron chi connectivity index (χ3n) is 2.77. The van der Waals surface area contributed by atoms with Crippen LogP contribution in [0.2, 0.25) is 0 Å². The third kappa shape index (κ3) is 3.00. The van der Waals surface area contributed by atoms with Gasteiger partial charge in [-0.05, 0) is 26.7 Å². The van der Waals surface area contributed by atoms with Crippen molar-refractivity contribution in [3.63, 3.8) is 0 Å². The molecular weight excluding hydrogens is 208 g/mol. The molecule has 1 atom stereocenters. The second-order valence-corrected chi connectivity index (χ2v) is 5.43. The van der Waals surface area contributed by atoms with Gasteiger partial charge in [-0.25, -0.2) is 4.98 Å². The Balaban J connectivity index is 1.75. The van der Waals surface area contributed by atoms with Crippen LogP contribution in [0, 0.1) is 6.92 Å². The van der Waals surface area contributed by atoms with E-state index in [1.165, 1.54) is 6.42 Å². The van der Waals surface area contributed by atoms with Crippen LogP contribution in [0.1, 0.15) is 30.5 Å². The minimum absolute atomic E-state index is 0.0467. The van der Waals surface area contributed by atoms with Crippen LogP contribution < -0.4 is 5.32 Å². The molecule has 3 nitrogen and oxygen atoms in total. The van der Waals surface area contributed by atoms with Crippen molar-refractivity contribution in [3.05, 3.63) is 16.1 Å². The maximum Gasteiger partial charge on any atom is 0.0897 e. The highest BCUT2D eigenvalue weighted by molar-refractivity contribution is 7.09. The van der Waals surface area contributed by atoms with Gasteiger partial charge in [0.15, 0.2) is 0 Å². The predicted octanol–water partition coefficient (Wildman–Crippen LogP) is 2.11. The van der Waals surface area contributed by atoms with E-state index in [9.17, 15) is 0 Å². The maximum atomic E-state index is 5.70. The summed E-state index contributed by atoms with van der Waals surface area (Å²) in [5.41, 5.74) is 1.18. The first-order valence-electron chi connectivity index (χ1n) is 5.44. The van der Waals surface area contributed by atoms with E-state index in [2.05, 4.69) is 22.6 Å². The summed E-state index contributed by atoms with van der Waals surface area (Å²) < 4.78 is 5.70. The van der Waals surface area contributed by atoms with Crippen LogP contribution in [0.3, 0.4) is 0 Å². The number of aromatic nitrogens is 1. The normalized spacial score (nSPS) is 26.0. The number of hydrogen-bond donors (Lipinski definition) is 1. The van der Waals surface area contributed by atoms with Crippen LogP contribution in [0.5, 0.6) is 0 Å². The Morgan fingerprint density at radius 1 is 1.67 bits per heavy atom. The topological polar surface area (TPSA) is 34.2 Å². The van der Waals surface area contributed by atoms with Crippen molar-refractivity contribution in [3.8, 4) is 0 Å². The molecule has 4 heteroatoms. The highest BCUT2D eigenvalue weighted by Crippen LogP contribution is 2.23. The molecule has 1 N–H and O–H groups in total. The number of hydrogen-bond acceptors (Lipinski definition) is 4. The van der Waals surface area contributed by atoms with Crippen LogP contribution in [0.15, 0.2) is 5.38 Å². The van der Waals surface area contributed by atoms with E-state index in [-0.39, 0.29) is 5.60 Å². The van der Waals surface area contributed by atoms with Gasteiger partial charge in [-0.3, -0.25) is 0 Å². The van der Waals surface area contributed by atoms with Crippen molar-refractivity contribution in [1.29, 1.82) is 0 Å². The van der Waals surface area contributed by atoms with Crippen LogP contribution in [-0.4, -0.2) is 23.7 Å². The third-order valence-corrected chi connectivity index (χ3v) is 3.59. The van der Waals surface area contributed by atoms with Crippen molar-refractivity contribution in [2.45, 2.75) is 38.8 Å². The zero-order valence-electron chi connectivity index (χ0n) is 9.38. The van der Waals surface area contributed by atoms with Gasteiger partial charge in [-0.2, -0.15) is 0 Å². The highest BCUT2D eigenvalue weighted by Gasteiger charge is 2.28. The van der Waals surface area contributed by atoms with Gasteiger partial charge < -0.3 is 10.1 Å². The Bertz CT molecular complexity index is 318. The van der Waals surface area contributed by atoms with Crippen molar-refractivity contribution in [2.24, 2.45) is 0 Å². The Hall–Kier alpha value is -0.450. The molecule has 1 aromatic heterocycles. The lowest BCUT2D eigenvalue weighted by Gasteiger charge is -2.23. The van der Waals surface area contributed by atoms with Crippen LogP contribution in [0.25, 0.3) is 0 Å². The lowest BCUT2D eigenvalue weighted by molar-refractivity contribution is 0.0206. The molecule has 1 aliphatic rings. The molecule has 1 aromatic rings. The molecule has 1 aliphatic heterocycles. The Labute approximate surface area is 94.9 Å². The first-order valence-corrected chi connectivity index (χ1v) is 6.32. The van der Waals surface area contributed by atoms with Gasteiger partial charge in [0, 0.05) is 25.1 Å². The van der Waals surface area contributed by atoms with E-state index in [1.807, 2.05) is 6.92 Å². The molecule has 0 aromatic carbocycles. The quantitative estimate of drug-likeness (QED) is 0.854. The highest BCUT2D eigenvalue weighted by atomic mass is 32.1. The fourth-order valence-electron chi connectivity index (χ4n) is 1.92. The van der Waals surface area contributed by atoms with Crippen molar-refractivity contribution in [2.75, 3.05) is 13.2 Å². The summed E-state index contributed by atoms with van der Waals surface area (Å²) in [6.45, 7) is 6.90. The lowest BCUT2D eigenvalue weighted by Crippen LogP contribution is -2.36. The number of nitrogens with one attached hydrogen (secondary N) is 1. The van der Waals surface area contributed by atoms with Crippen molar-refractivity contribution in [1.82, 2.24) is 10.3 Å². The van der Waals surface area contributed by atoms with E-state index in [4.69, 9.17) is 4.74 Å². The number of nitrogens with zero attached hydrogens (tertiary/aromatic N) is 1. The molecule has 0 aliphatic carbocycles. The summed E-state index contributed by atoms with van der Waals surface area (Å²) >= 11 is 1.70. The van der Waals surface area contributed by atoms with Gasteiger partial charge in [0.05, 0.1) is 16.3 Å². The molecule has 1 unspecified atom stereocenters. The molecule has 84 valence electrons. The maximum absolute atomic E-state index is 5.70. The first kappa shape index (κ1) is 11.0. The molecule has 2 rings (SSSR count). The molecule has 0 radical (unpaired) electrons. The summed E-state index contributed by atoms with van der Waals surface area (Å²) in [4.78, 5) is 4.41. The number of thiazole rings is 1. The van der Waals surface area contributed by atoms with Crippen molar-refractivity contribution >= 4 is 11.3 Å². The number of rotatable bonds is 4. The summed E-state index contributed by atoms with van der Waals surface area (Å²) in [5, 5.41) is 6.66. The summed E-state index contributed by atoms with van der Waals surface area (Å²) in [7, 11) is 0. The molecule has 1 fully saturated rings. The standard InChI is InChI=1S/C11H18N2OS/c1-9-13-10(7-15-9)6-12-8-11(2)4-3-5-14-11/h7,12H,3-6,8H2,1-2H3. The summed E-state index contributed by atoms with van der Waals surface area (Å²) in [6.07, 6.45) is 2.35. The molecular formula is C11H18N2OS. The summed E-state index contributed by atoms with van der Waals surface area (Å²) in [5.74, 6) is 0. The SMILES string of the molecule is Cc1nc(CNCC2(C)CCCO2)cs1. The number of ether oxygens (including phenoxy) is 1. The zero-order valence-corrected chi connectivity index (χ0v) is 10.2. The average molecular weight is 226 g/mol. The van der Waals surface area contributed by atoms with Gasteiger partial charge in [-0.15, -0.1) is 11.3 Å². The molecule has 2 heterocycles. The lowest BCUT2D eigenvalue weighted by atomic mass is 10.0. The smallest absolute Gasteiger partial charge is 0.0897 e. The molecule has 15 heavy (non-hydrogen) atoms. The zero-order chi connectivity index (χ0) is 10.7.